The number of nitrogens with zero attached hydrogens (tertiary/aromatic N) is 2. The highest BCUT2D eigenvalue weighted by atomic mass is 16.4. The molecule has 2 heterocycles. The number of carboxylic acids is 1. The summed E-state index contributed by atoms with van der Waals surface area (Å²) >= 11 is 0. The highest BCUT2D eigenvalue weighted by Crippen LogP contribution is 2.34. The number of urea groups is 1. The van der Waals surface area contributed by atoms with Crippen molar-refractivity contribution in [1.82, 2.24) is 9.80 Å². The van der Waals surface area contributed by atoms with Gasteiger partial charge in [0.05, 0.1) is 5.41 Å². The molecule has 2 aliphatic rings. The number of carbonyl (C=O) groups excluding carboxylic acids is 1. The zero-order valence-corrected chi connectivity index (χ0v) is 12.4. The summed E-state index contributed by atoms with van der Waals surface area (Å²) in [6, 6.07) is -0.00350. The van der Waals surface area contributed by atoms with Gasteiger partial charge in [-0.25, -0.2) is 4.79 Å². The Bertz CT molecular complexity index is 433. The Morgan fingerprint density at radius 1 is 1.35 bits per heavy atom. The Balaban J connectivity index is 2.07. The fourth-order valence-electron chi connectivity index (χ4n) is 3.18. The van der Waals surface area contributed by atoms with Gasteiger partial charge in [-0.05, 0) is 32.6 Å². The van der Waals surface area contributed by atoms with Crippen LogP contribution in [0.3, 0.4) is 0 Å². The smallest absolute Gasteiger partial charge is 0.320 e. The number of hydrogen-bond acceptors (Lipinski definition) is 2. The molecular weight excluding hydrogens is 256 g/mol. The van der Waals surface area contributed by atoms with Crippen molar-refractivity contribution in [3.8, 4) is 0 Å². The van der Waals surface area contributed by atoms with E-state index in [1.807, 2.05) is 18.7 Å². The van der Waals surface area contributed by atoms with E-state index in [1.165, 1.54) is 5.57 Å². The summed E-state index contributed by atoms with van der Waals surface area (Å²) in [7, 11) is 0. The van der Waals surface area contributed by atoms with Gasteiger partial charge in [-0.15, -0.1) is 0 Å². The molecule has 1 fully saturated rings. The average Bonchev–Trinajstić information content (AvgIpc) is 2.46. The Morgan fingerprint density at radius 3 is 2.70 bits per heavy atom. The molecule has 1 atom stereocenters. The Morgan fingerprint density at radius 2 is 2.10 bits per heavy atom. The van der Waals surface area contributed by atoms with Crippen LogP contribution < -0.4 is 0 Å². The molecule has 20 heavy (non-hydrogen) atoms. The predicted octanol–water partition coefficient (Wildman–Crippen LogP) is 2.34. The number of hydrogen-bond donors (Lipinski definition) is 1. The first kappa shape index (κ1) is 14.9. The molecule has 112 valence electrons. The Labute approximate surface area is 120 Å². The van der Waals surface area contributed by atoms with Crippen LogP contribution in [0.1, 0.15) is 39.5 Å². The van der Waals surface area contributed by atoms with E-state index < -0.39 is 11.4 Å². The zero-order valence-electron chi connectivity index (χ0n) is 12.4. The second-order valence-electron chi connectivity index (χ2n) is 6.01. The summed E-state index contributed by atoms with van der Waals surface area (Å²) < 4.78 is 0. The number of carboxylic acid groups (broad SMARTS) is 1. The molecule has 0 spiro atoms. The second-order valence-corrected chi connectivity index (χ2v) is 6.01. The first-order chi connectivity index (χ1) is 9.48. The van der Waals surface area contributed by atoms with Gasteiger partial charge in [0.25, 0.3) is 0 Å². The third-order valence-electron chi connectivity index (χ3n) is 4.58. The van der Waals surface area contributed by atoms with E-state index in [9.17, 15) is 14.7 Å². The summed E-state index contributed by atoms with van der Waals surface area (Å²) in [5, 5.41) is 9.48. The van der Waals surface area contributed by atoms with E-state index in [-0.39, 0.29) is 6.03 Å². The van der Waals surface area contributed by atoms with Crippen molar-refractivity contribution in [1.29, 1.82) is 0 Å². The number of rotatable bonds is 2. The van der Waals surface area contributed by atoms with Gasteiger partial charge in [-0.1, -0.05) is 18.6 Å². The van der Waals surface area contributed by atoms with Gasteiger partial charge in [-0.3, -0.25) is 4.79 Å². The second kappa shape index (κ2) is 5.85. The zero-order chi connectivity index (χ0) is 14.8. The van der Waals surface area contributed by atoms with Crippen LogP contribution in [0.4, 0.5) is 4.79 Å². The van der Waals surface area contributed by atoms with Crippen LogP contribution in [0.2, 0.25) is 0 Å². The van der Waals surface area contributed by atoms with Crippen LogP contribution in [-0.2, 0) is 4.79 Å². The SMILES string of the molecule is CCC1(C(=O)O)CCCN(C(=O)N2CCC=C(C)C2)C1. The highest BCUT2D eigenvalue weighted by molar-refractivity contribution is 5.79. The van der Waals surface area contributed by atoms with Crippen molar-refractivity contribution < 1.29 is 14.7 Å². The summed E-state index contributed by atoms with van der Waals surface area (Å²) in [6.07, 6.45) is 5.07. The van der Waals surface area contributed by atoms with Crippen LogP contribution in [0.5, 0.6) is 0 Å². The molecule has 5 nitrogen and oxygen atoms in total. The fourth-order valence-corrected chi connectivity index (χ4v) is 3.18. The molecule has 1 saturated heterocycles. The number of carbonyl (C=O) groups is 2. The van der Waals surface area contributed by atoms with E-state index >= 15 is 0 Å². The molecule has 0 radical (unpaired) electrons. The lowest BCUT2D eigenvalue weighted by Crippen LogP contribution is -2.54. The van der Waals surface area contributed by atoms with Crippen molar-refractivity contribution in [2.75, 3.05) is 26.2 Å². The minimum Gasteiger partial charge on any atom is -0.481 e. The Hall–Kier alpha value is -1.52. The molecule has 0 aromatic rings. The van der Waals surface area contributed by atoms with E-state index in [0.29, 0.717) is 32.5 Å². The van der Waals surface area contributed by atoms with Gasteiger partial charge in [0.2, 0.25) is 0 Å². The van der Waals surface area contributed by atoms with Gasteiger partial charge in [0.1, 0.15) is 0 Å². The molecule has 0 aliphatic carbocycles. The lowest BCUT2D eigenvalue weighted by molar-refractivity contribution is -0.152. The highest BCUT2D eigenvalue weighted by Gasteiger charge is 2.42. The van der Waals surface area contributed by atoms with E-state index in [0.717, 1.165) is 19.4 Å². The van der Waals surface area contributed by atoms with E-state index in [2.05, 4.69) is 6.08 Å². The monoisotopic (exact) mass is 280 g/mol. The largest absolute Gasteiger partial charge is 0.481 e. The average molecular weight is 280 g/mol. The van der Waals surface area contributed by atoms with Crippen molar-refractivity contribution in [2.45, 2.75) is 39.5 Å². The topological polar surface area (TPSA) is 60.9 Å². The molecule has 2 amide bonds. The van der Waals surface area contributed by atoms with Crippen LogP contribution in [0.25, 0.3) is 0 Å². The first-order valence-electron chi connectivity index (χ1n) is 7.41. The standard InChI is InChI=1S/C15H24N2O3/c1-3-15(13(18)19)7-5-9-17(11-15)14(20)16-8-4-6-12(2)10-16/h6H,3-5,7-11H2,1-2H3,(H,18,19). The molecule has 2 aliphatic heterocycles. The minimum atomic E-state index is -0.771. The lowest BCUT2D eigenvalue weighted by atomic mass is 9.78. The minimum absolute atomic E-state index is 0.00350. The molecule has 0 aromatic heterocycles. The maximum atomic E-state index is 12.6. The first-order valence-corrected chi connectivity index (χ1v) is 7.41. The fraction of sp³-hybridized carbons (Fsp3) is 0.733. The van der Waals surface area contributed by atoms with Gasteiger partial charge < -0.3 is 14.9 Å². The summed E-state index contributed by atoms with van der Waals surface area (Å²) in [5.41, 5.74) is 0.454. The van der Waals surface area contributed by atoms with Gasteiger partial charge >= 0.3 is 12.0 Å². The third-order valence-corrected chi connectivity index (χ3v) is 4.58. The molecule has 1 N–H and O–H groups in total. The van der Waals surface area contributed by atoms with Crippen molar-refractivity contribution >= 4 is 12.0 Å². The van der Waals surface area contributed by atoms with Crippen molar-refractivity contribution in [3.63, 3.8) is 0 Å². The van der Waals surface area contributed by atoms with Gasteiger partial charge in [0, 0.05) is 26.2 Å². The predicted molar refractivity (Wildman–Crippen MR) is 76.5 cm³/mol. The molecule has 0 bridgehead atoms. The van der Waals surface area contributed by atoms with E-state index in [1.54, 1.807) is 4.90 Å². The molecular formula is C15H24N2O3. The lowest BCUT2D eigenvalue weighted by Gasteiger charge is -2.41. The molecule has 2 rings (SSSR count). The quantitative estimate of drug-likeness (QED) is 0.790. The van der Waals surface area contributed by atoms with Gasteiger partial charge in [-0.2, -0.15) is 0 Å². The number of piperidine rings is 1. The number of likely N-dealkylation sites (tertiary alicyclic amines) is 1. The van der Waals surface area contributed by atoms with E-state index in [4.69, 9.17) is 0 Å². The van der Waals surface area contributed by atoms with Crippen molar-refractivity contribution in [3.05, 3.63) is 11.6 Å². The molecule has 0 aromatic carbocycles. The third kappa shape index (κ3) is 2.81. The summed E-state index contributed by atoms with van der Waals surface area (Å²) in [5.74, 6) is -0.771. The van der Waals surface area contributed by atoms with Crippen LogP contribution >= 0.6 is 0 Å². The van der Waals surface area contributed by atoms with Crippen LogP contribution in [-0.4, -0.2) is 53.1 Å². The maximum absolute atomic E-state index is 12.6. The molecule has 5 heteroatoms. The normalized spacial score (nSPS) is 27.2. The van der Waals surface area contributed by atoms with Crippen LogP contribution in [0.15, 0.2) is 11.6 Å². The van der Waals surface area contributed by atoms with Crippen LogP contribution in [0, 0.1) is 5.41 Å². The Kier molecular flexibility index (Phi) is 4.35. The summed E-state index contributed by atoms with van der Waals surface area (Å²) in [6.45, 7) is 6.35. The molecule has 0 saturated carbocycles. The summed E-state index contributed by atoms with van der Waals surface area (Å²) in [4.78, 5) is 27.7. The van der Waals surface area contributed by atoms with Crippen molar-refractivity contribution in [2.24, 2.45) is 5.41 Å². The number of amides is 2. The number of aliphatic carboxylic acids is 1. The maximum Gasteiger partial charge on any atom is 0.320 e. The molecule has 1 unspecified atom stereocenters. The van der Waals surface area contributed by atoms with Gasteiger partial charge in [0.15, 0.2) is 0 Å².